The van der Waals surface area contributed by atoms with Crippen molar-refractivity contribution in [3.63, 3.8) is 0 Å². The molecule has 0 saturated carbocycles. The smallest absolute Gasteiger partial charge is 0.303 e. The number of alkyl halides is 2. The molecule has 0 fully saturated rings. The topological polar surface area (TPSA) is 115 Å². The average molecular weight is 460 g/mol. The number of methoxy groups -OCH3 is 4. The summed E-state index contributed by atoms with van der Waals surface area (Å²) in [5, 5.41) is 0. The van der Waals surface area contributed by atoms with Crippen molar-refractivity contribution in [3.8, 4) is 17.2 Å². The van der Waals surface area contributed by atoms with Gasteiger partial charge in [0.25, 0.3) is 0 Å². The first-order valence-electron chi connectivity index (χ1n) is 8.68. The molecule has 0 spiro atoms. The molecule has 1 unspecified atom stereocenters. The fraction of sp³-hybridized carbons (Fsp3) is 0.444. The summed E-state index contributed by atoms with van der Waals surface area (Å²) >= 11 is 0.632. The molecule has 2 rings (SSSR count). The zero-order valence-electron chi connectivity index (χ0n) is 17.4. The second-order valence-electron chi connectivity index (χ2n) is 6.65. The zero-order valence-corrected chi connectivity index (χ0v) is 20.3. The Labute approximate surface area is 191 Å². The van der Waals surface area contributed by atoms with Crippen LogP contribution in [0.3, 0.4) is 0 Å². The van der Waals surface area contributed by atoms with Crippen molar-refractivity contribution in [2.24, 2.45) is 0 Å². The van der Waals surface area contributed by atoms with Crippen molar-refractivity contribution in [3.05, 3.63) is 41.5 Å². The second kappa shape index (κ2) is 11.1. The van der Waals surface area contributed by atoms with Gasteiger partial charge in [-0.3, -0.25) is 0 Å². The quantitative estimate of drug-likeness (QED) is 0.420. The third-order valence-electron chi connectivity index (χ3n) is 4.32. The van der Waals surface area contributed by atoms with Crippen LogP contribution in [0.5, 0.6) is 17.2 Å². The first kappa shape index (κ1) is 27.1. The Morgan fingerprint density at radius 2 is 1.60 bits per heavy atom. The number of hydrogen-bond donors (Lipinski definition) is 3. The van der Waals surface area contributed by atoms with E-state index >= 15 is 0 Å². The summed E-state index contributed by atoms with van der Waals surface area (Å²) in [6.45, 7) is 0. The van der Waals surface area contributed by atoms with E-state index in [1.165, 1.54) is 27.4 Å². The van der Waals surface area contributed by atoms with Crippen molar-refractivity contribution < 1.29 is 47.0 Å². The minimum Gasteiger partial charge on any atom is -0.303 e. The van der Waals surface area contributed by atoms with Gasteiger partial charge in [-0.2, -0.15) is 0 Å². The fourth-order valence-electron chi connectivity index (χ4n) is 2.82. The van der Waals surface area contributed by atoms with Crippen molar-refractivity contribution in [1.29, 1.82) is 0 Å². The second-order valence-corrected chi connectivity index (χ2v) is 9.37. The van der Waals surface area contributed by atoms with E-state index in [2.05, 4.69) is 0 Å². The van der Waals surface area contributed by atoms with Crippen LogP contribution >= 0.6 is 7.82 Å². The molecular formula is C18H24F2NaO8P. The van der Waals surface area contributed by atoms with E-state index in [1.807, 2.05) is 0 Å². The number of hydrogen-bond acceptors (Lipinski definition) is 5. The molecule has 1 aromatic carbocycles. The Balaban J connectivity index is 0.000000804. The van der Waals surface area contributed by atoms with Gasteiger partial charge in [-0.25, -0.2) is 4.57 Å². The van der Waals surface area contributed by atoms with E-state index in [0.717, 1.165) is 0 Å². The normalized spacial score (nSPS) is 18.8. The molecule has 164 valence electrons. The van der Waals surface area contributed by atoms with Crippen LogP contribution in [-0.2, 0) is 15.7 Å². The van der Waals surface area contributed by atoms with Crippen molar-refractivity contribution >= 4 is 35.8 Å². The Hall–Kier alpha value is -0.970. The summed E-state index contributed by atoms with van der Waals surface area (Å²) in [4.78, 5) is 21.6. The summed E-state index contributed by atoms with van der Waals surface area (Å²) in [6, 6.07) is 3.10. The molecule has 3 N–H and O–H groups in total. The van der Waals surface area contributed by atoms with Crippen LogP contribution in [0.1, 0.15) is 12.0 Å². The first-order chi connectivity index (χ1) is 13.8. The molecule has 0 radical (unpaired) electrons. The summed E-state index contributed by atoms with van der Waals surface area (Å²) < 4.78 is 59.1. The molecule has 30 heavy (non-hydrogen) atoms. The first-order valence-corrected chi connectivity index (χ1v) is 11.2. The van der Waals surface area contributed by atoms with Gasteiger partial charge in [0, 0.05) is 0 Å². The monoisotopic (exact) mass is 460 g/mol. The van der Waals surface area contributed by atoms with Crippen LogP contribution in [0, 0.1) is 0 Å². The summed E-state index contributed by atoms with van der Waals surface area (Å²) in [7, 11) is 1.31. The van der Waals surface area contributed by atoms with Crippen LogP contribution < -0.4 is 14.2 Å². The molecule has 1 aliphatic rings. The van der Waals surface area contributed by atoms with Gasteiger partial charge in [0.2, 0.25) is 0 Å². The largest absolute Gasteiger partial charge is 0.466 e. The Bertz CT molecular complexity index is 806. The third kappa shape index (κ3) is 8.28. The van der Waals surface area contributed by atoms with Crippen molar-refractivity contribution in [2.45, 2.75) is 21.6 Å². The van der Waals surface area contributed by atoms with Gasteiger partial charge < -0.3 is 14.7 Å². The van der Waals surface area contributed by atoms with Crippen LogP contribution in [0.15, 0.2) is 35.9 Å². The molecular weight excluding hydrogens is 436 g/mol. The molecule has 0 bridgehead atoms. The average Bonchev–Trinajstić information content (AvgIpc) is 2.65. The number of allylic oxidation sites excluding steroid dienone is 2. The molecule has 12 heteroatoms. The standard InChI is InChI=1S/C18H21F2O4.Na.H3O4P/c1-21-14-7-5-6-13(10-14)18(19,20)11-12-8-15(22-2)17(24-4)16(9-12)23-3;;1-5(2,3)4/h5-6,8-10H,7,11H2,1-4H3;;(H3,1,2,3,4). The number of benzene rings is 1. The van der Waals surface area contributed by atoms with Crippen LogP contribution in [0.25, 0.3) is 0 Å². The van der Waals surface area contributed by atoms with Gasteiger partial charge in [0.1, 0.15) is 0 Å². The predicted molar refractivity (Wildman–Crippen MR) is 106 cm³/mol. The minimum absolute atomic E-state index is 0.0237. The summed E-state index contributed by atoms with van der Waals surface area (Å²) in [5.41, 5.74) is 0.375. The maximum Gasteiger partial charge on any atom is 0.466 e. The van der Waals surface area contributed by atoms with Gasteiger partial charge >= 0.3 is 172 Å². The van der Waals surface area contributed by atoms with Crippen LogP contribution in [0.4, 0.5) is 8.78 Å². The molecule has 8 nitrogen and oxygen atoms in total. The van der Waals surface area contributed by atoms with Gasteiger partial charge in [-0.15, -0.1) is 0 Å². The summed E-state index contributed by atoms with van der Waals surface area (Å²) in [6.07, 6.45) is 4.93. The third-order valence-corrected chi connectivity index (χ3v) is 5.43. The van der Waals surface area contributed by atoms with E-state index < -0.39 is 23.0 Å². The fourth-order valence-corrected chi connectivity index (χ4v) is 3.37. The van der Waals surface area contributed by atoms with Gasteiger partial charge in [-0.1, -0.05) is 0 Å². The van der Waals surface area contributed by atoms with Gasteiger partial charge in [0.15, 0.2) is 0 Å². The van der Waals surface area contributed by atoms with Gasteiger partial charge in [0.05, 0.1) is 0 Å². The van der Waals surface area contributed by atoms with Crippen LogP contribution in [-0.4, -0.2) is 79.8 Å². The maximum atomic E-state index is 14.9. The summed E-state index contributed by atoms with van der Waals surface area (Å²) in [5.74, 6) is -1.94. The maximum absolute atomic E-state index is 14.9. The number of rotatable bonds is 7. The Morgan fingerprint density at radius 1 is 1.10 bits per heavy atom. The van der Waals surface area contributed by atoms with Gasteiger partial charge in [-0.05, 0) is 0 Å². The molecule has 0 aromatic heterocycles. The minimum atomic E-state index is -4.64. The van der Waals surface area contributed by atoms with E-state index in [4.69, 9.17) is 38.2 Å². The molecule has 0 amide bonds. The molecule has 1 aliphatic carbocycles. The van der Waals surface area contributed by atoms with E-state index in [0.29, 0.717) is 57.2 Å². The zero-order chi connectivity index (χ0) is 23.2. The predicted octanol–water partition coefficient (Wildman–Crippen LogP) is 2.36. The molecule has 0 aliphatic heterocycles. The number of phosphoric acid groups is 1. The Kier molecular flexibility index (Phi) is 9.98. The number of ether oxygens (including phenoxy) is 4. The van der Waals surface area contributed by atoms with Crippen LogP contribution in [0.2, 0.25) is 0 Å². The Morgan fingerprint density at radius 3 is 2.00 bits per heavy atom. The SMILES string of the molecule is COc1cc(CC(F)(F)C2=C[C]([Na])(OC)CC=C2)cc(OC)c1OC.O=P(O)(O)O. The van der Waals surface area contributed by atoms with E-state index in [-0.39, 0.29) is 5.57 Å². The molecule has 0 heterocycles. The molecule has 1 aromatic rings. The van der Waals surface area contributed by atoms with Crippen molar-refractivity contribution in [2.75, 3.05) is 28.4 Å². The van der Waals surface area contributed by atoms with E-state index in [9.17, 15) is 8.78 Å². The molecule has 0 saturated heterocycles. The van der Waals surface area contributed by atoms with Crippen molar-refractivity contribution in [1.82, 2.24) is 0 Å². The van der Waals surface area contributed by atoms with E-state index in [1.54, 1.807) is 31.4 Å². The molecule has 1 atom stereocenters. The number of halogens is 2.